The lowest BCUT2D eigenvalue weighted by Crippen LogP contribution is -2.22. The van der Waals surface area contributed by atoms with Gasteiger partial charge >= 0.3 is 0 Å². The fraction of sp³-hybridized carbons (Fsp3) is 0.533. The van der Waals surface area contributed by atoms with Gasteiger partial charge in [0.1, 0.15) is 11.6 Å². The molecule has 0 amide bonds. The number of rotatable bonds is 2. The highest BCUT2D eigenvalue weighted by atomic mass is 79.9. The van der Waals surface area contributed by atoms with Gasteiger partial charge in [0.2, 0.25) is 0 Å². The van der Waals surface area contributed by atoms with Crippen LogP contribution in [-0.2, 0) is 9.53 Å². The molecular weight excluding hydrogens is 311 g/mol. The van der Waals surface area contributed by atoms with E-state index in [-0.39, 0.29) is 5.82 Å². The summed E-state index contributed by atoms with van der Waals surface area (Å²) in [6, 6.07) is 4.79. The lowest BCUT2D eigenvalue weighted by atomic mass is 9.94. The van der Waals surface area contributed by atoms with Crippen molar-refractivity contribution in [3.63, 3.8) is 0 Å². The van der Waals surface area contributed by atoms with Crippen molar-refractivity contribution in [2.45, 2.75) is 33.1 Å². The summed E-state index contributed by atoms with van der Waals surface area (Å²) in [5.41, 5.74) is 0.932. The fourth-order valence-electron chi connectivity index (χ4n) is 2.00. The van der Waals surface area contributed by atoms with Crippen molar-refractivity contribution in [1.82, 2.24) is 0 Å². The predicted octanol–water partition coefficient (Wildman–Crippen LogP) is 4.29. The van der Waals surface area contributed by atoms with E-state index in [1.54, 1.807) is 0 Å². The van der Waals surface area contributed by atoms with Crippen LogP contribution in [0.3, 0.4) is 0 Å². The number of hydrogen-bond acceptors (Lipinski definition) is 2. The standard InChI is InChI=1S/C8H14O2.C7H6BrF/c1-2-8(9)7-3-5-10-6-4-7;1-5-2-6(8)4-7(9)3-5/h7H,2-6H2,1H3;2-4H,1H3. The molecule has 19 heavy (non-hydrogen) atoms. The number of hydrogen-bond donors (Lipinski definition) is 0. The predicted molar refractivity (Wildman–Crippen MR) is 77.7 cm³/mol. The number of halogens is 2. The van der Waals surface area contributed by atoms with Gasteiger partial charge in [0.15, 0.2) is 0 Å². The molecule has 0 spiro atoms. The molecule has 0 unspecified atom stereocenters. The van der Waals surface area contributed by atoms with Gasteiger partial charge in [-0.25, -0.2) is 4.39 Å². The van der Waals surface area contributed by atoms with Crippen molar-refractivity contribution in [2.24, 2.45) is 5.92 Å². The number of ether oxygens (including phenoxy) is 1. The fourth-order valence-corrected chi connectivity index (χ4v) is 2.58. The molecule has 1 fully saturated rings. The van der Waals surface area contributed by atoms with E-state index >= 15 is 0 Å². The van der Waals surface area contributed by atoms with Crippen LogP contribution in [0.15, 0.2) is 22.7 Å². The molecule has 0 aliphatic carbocycles. The van der Waals surface area contributed by atoms with Gasteiger partial charge in [-0.15, -0.1) is 0 Å². The topological polar surface area (TPSA) is 26.3 Å². The summed E-state index contributed by atoms with van der Waals surface area (Å²) in [7, 11) is 0. The summed E-state index contributed by atoms with van der Waals surface area (Å²) < 4.78 is 18.3. The highest BCUT2D eigenvalue weighted by Gasteiger charge is 2.19. The zero-order valence-corrected chi connectivity index (χ0v) is 13.0. The molecule has 0 atom stereocenters. The average Bonchev–Trinajstić information content (AvgIpc) is 2.38. The van der Waals surface area contributed by atoms with E-state index in [4.69, 9.17) is 4.74 Å². The zero-order chi connectivity index (χ0) is 14.3. The number of carbonyl (C=O) groups excluding carboxylic acids is 1. The maximum Gasteiger partial charge on any atom is 0.135 e. The van der Waals surface area contributed by atoms with E-state index in [1.807, 2.05) is 19.9 Å². The van der Waals surface area contributed by atoms with Gasteiger partial charge in [0, 0.05) is 30.0 Å². The third-order valence-electron chi connectivity index (χ3n) is 3.03. The molecule has 2 rings (SSSR count). The van der Waals surface area contributed by atoms with Gasteiger partial charge in [-0.1, -0.05) is 22.9 Å². The van der Waals surface area contributed by atoms with E-state index in [0.29, 0.717) is 18.1 Å². The Morgan fingerprint density at radius 3 is 2.47 bits per heavy atom. The van der Waals surface area contributed by atoms with Gasteiger partial charge in [-0.05, 0) is 43.5 Å². The summed E-state index contributed by atoms with van der Waals surface area (Å²) >= 11 is 3.17. The van der Waals surface area contributed by atoms with Crippen LogP contribution >= 0.6 is 15.9 Å². The SMILES string of the molecule is CCC(=O)C1CCOCC1.Cc1cc(F)cc(Br)c1. The van der Waals surface area contributed by atoms with E-state index in [2.05, 4.69) is 15.9 Å². The molecule has 1 aliphatic heterocycles. The van der Waals surface area contributed by atoms with E-state index in [9.17, 15) is 9.18 Å². The molecule has 106 valence electrons. The average molecular weight is 331 g/mol. The third-order valence-corrected chi connectivity index (χ3v) is 3.49. The zero-order valence-electron chi connectivity index (χ0n) is 11.4. The van der Waals surface area contributed by atoms with Crippen molar-refractivity contribution >= 4 is 21.7 Å². The summed E-state index contributed by atoms with van der Waals surface area (Å²) in [6.07, 6.45) is 2.56. The molecular formula is C15H20BrFO2. The van der Waals surface area contributed by atoms with Gasteiger partial charge in [-0.2, -0.15) is 0 Å². The Hall–Kier alpha value is -0.740. The van der Waals surface area contributed by atoms with Crippen LogP contribution in [0.4, 0.5) is 4.39 Å². The Bertz CT molecular complexity index is 364. The Morgan fingerprint density at radius 2 is 2.00 bits per heavy atom. The maximum absolute atomic E-state index is 12.4. The van der Waals surface area contributed by atoms with Gasteiger partial charge in [0.05, 0.1) is 0 Å². The molecule has 0 radical (unpaired) electrons. The number of ketones is 1. The first-order valence-electron chi connectivity index (χ1n) is 6.56. The molecule has 1 aromatic carbocycles. The first-order valence-corrected chi connectivity index (χ1v) is 7.35. The van der Waals surface area contributed by atoms with Crippen LogP contribution < -0.4 is 0 Å². The van der Waals surface area contributed by atoms with Crippen LogP contribution in [0.25, 0.3) is 0 Å². The molecule has 4 heteroatoms. The molecule has 1 saturated heterocycles. The summed E-state index contributed by atoms with van der Waals surface area (Å²) in [5.74, 6) is 0.518. The third kappa shape index (κ3) is 6.30. The van der Waals surface area contributed by atoms with E-state index in [0.717, 1.165) is 36.1 Å². The van der Waals surface area contributed by atoms with Crippen molar-refractivity contribution in [1.29, 1.82) is 0 Å². The minimum Gasteiger partial charge on any atom is -0.381 e. The normalized spacial score (nSPS) is 15.6. The Balaban J connectivity index is 0.000000191. The maximum atomic E-state index is 12.4. The number of carbonyl (C=O) groups is 1. The highest BCUT2D eigenvalue weighted by Crippen LogP contribution is 2.16. The molecule has 2 nitrogen and oxygen atoms in total. The van der Waals surface area contributed by atoms with Gasteiger partial charge in [0.25, 0.3) is 0 Å². The Kier molecular flexibility index (Phi) is 7.24. The smallest absolute Gasteiger partial charge is 0.135 e. The molecule has 0 N–H and O–H groups in total. The second kappa shape index (κ2) is 8.43. The second-order valence-corrected chi connectivity index (χ2v) is 5.57. The molecule has 1 aromatic rings. The van der Waals surface area contributed by atoms with Crippen molar-refractivity contribution in [2.75, 3.05) is 13.2 Å². The van der Waals surface area contributed by atoms with Crippen LogP contribution in [-0.4, -0.2) is 19.0 Å². The van der Waals surface area contributed by atoms with Crippen molar-refractivity contribution in [3.8, 4) is 0 Å². The molecule has 0 aromatic heterocycles. The van der Waals surface area contributed by atoms with Crippen molar-refractivity contribution in [3.05, 3.63) is 34.1 Å². The first-order chi connectivity index (χ1) is 9.02. The Morgan fingerprint density at radius 1 is 1.37 bits per heavy atom. The number of benzene rings is 1. The van der Waals surface area contributed by atoms with Crippen LogP contribution in [0.1, 0.15) is 31.7 Å². The Labute approximate surface area is 122 Å². The van der Waals surface area contributed by atoms with Crippen molar-refractivity contribution < 1.29 is 13.9 Å². The molecule has 0 saturated carbocycles. The van der Waals surface area contributed by atoms with Crippen LogP contribution in [0.2, 0.25) is 0 Å². The van der Waals surface area contributed by atoms with Crippen LogP contribution in [0, 0.1) is 18.7 Å². The molecule has 1 aliphatic rings. The minimum atomic E-state index is -0.193. The first kappa shape index (κ1) is 16.3. The number of aryl methyl sites for hydroxylation is 1. The monoisotopic (exact) mass is 330 g/mol. The lowest BCUT2D eigenvalue weighted by Gasteiger charge is -2.19. The number of Topliss-reactive ketones (excluding diaryl/α,β-unsaturated/α-hetero) is 1. The quantitative estimate of drug-likeness (QED) is 0.808. The lowest BCUT2D eigenvalue weighted by molar-refractivity contribution is -0.125. The summed E-state index contributed by atoms with van der Waals surface area (Å²) in [5, 5.41) is 0. The van der Waals surface area contributed by atoms with Gasteiger partial charge in [-0.3, -0.25) is 4.79 Å². The second-order valence-electron chi connectivity index (χ2n) is 4.65. The minimum absolute atomic E-state index is 0.193. The summed E-state index contributed by atoms with van der Waals surface area (Å²) in [6.45, 7) is 5.33. The highest BCUT2D eigenvalue weighted by molar-refractivity contribution is 9.10. The van der Waals surface area contributed by atoms with E-state index < -0.39 is 0 Å². The van der Waals surface area contributed by atoms with Crippen LogP contribution in [0.5, 0.6) is 0 Å². The molecule has 1 heterocycles. The molecule has 0 bridgehead atoms. The van der Waals surface area contributed by atoms with E-state index in [1.165, 1.54) is 12.1 Å². The largest absolute Gasteiger partial charge is 0.381 e. The summed E-state index contributed by atoms with van der Waals surface area (Å²) in [4.78, 5) is 11.1. The van der Waals surface area contributed by atoms with Gasteiger partial charge < -0.3 is 4.74 Å².